The number of aromatic nitrogens is 1. The normalized spacial score (nSPS) is 12.8. The quantitative estimate of drug-likeness (QED) is 0.0636. The molecule has 1 heterocycles. The van der Waals surface area contributed by atoms with Crippen molar-refractivity contribution in [2.45, 2.75) is 37.1 Å². The van der Waals surface area contributed by atoms with Crippen LogP contribution in [0.3, 0.4) is 0 Å². The van der Waals surface area contributed by atoms with Crippen LogP contribution in [-0.4, -0.2) is 68.7 Å². The van der Waals surface area contributed by atoms with Gasteiger partial charge in [-0.05, 0) is 31.4 Å². The Morgan fingerprint density at radius 3 is 2.43 bits per heavy atom. The molecule has 2 amide bonds. The van der Waals surface area contributed by atoms with Crippen molar-refractivity contribution >= 4 is 44.9 Å². The van der Waals surface area contributed by atoms with Crippen molar-refractivity contribution in [3.8, 4) is 0 Å². The predicted octanol–water partition coefficient (Wildman–Crippen LogP) is -1.18. The van der Waals surface area contributed by atoms with Gasteiger partial charge in [0.05, 0.1) is 18.3 Å². The zero-order valence-electron chi connectivity index (χ0n) is 20.1. The largest absolute Gasteiger partial charge is 0.370 e. The third-order valence-electron chi connectivity index (χ3n) is 4.96. The van der Waals surface area contributed by atoms with Crippen molar-refractivity contribution in [3.05, 3.63) is 52.5 Å². The molecule has 0 bridgehead atoms. The number of guanidine groups is 1. The minimum atomic E-state index is -3.86. The molecule has 0 spiro atoms. The number of benzene rings is 1. The van der Waals surface area contributed by atoms with Gasteiger partial charge in [0.25, 0.3) is 0 Å². The number of Topliss-reactive ketones (excluding diaryl/α,β-unsaturated/α-hetero) is 1. The fraction of sp³-hybridized carbons (Fsp3) is 0.409. The third kappa shape index (κ3) is 11.0. The summed E-state index contributed by atoms with van der Waals surface area (Å²) in [4.78, 5) is 45.8. The molecular weight excluding hydrogens is 520 g/mol. The highest BCUT2D eigenvalue weighted by Gasteiger charge is 2.26. The Kier molecular flexibility index (Phi) is 12.1. The maximum absolute atomic E-state index is 12.8. The van der Waals surface area contributed by atoms with Crippen LogP contribution in [0, 0.1) is 0 Å². The first kappa shape index (κ1) is 29.8. The summed E-state index contributed by atoms with van der Waals surface area (Å²) in [6.45, 7) is -0.172. The Balaban J connectivity index is 1.96. The number of thiazole rings is 1. The summed E-state index contributed by atoms with van der Waals surface area (Å²) in [6, 6.07) is 6.41. The van der Waals surface area contributed by atoms with Crippen molar-refractivity contribution in [2.75, 3.05) is 19.6 Å². The van der Waals surface area contributed by atoms with E-state index in [-0.39, 0.29) is 48.4 Å². The van der Waals surface area contributed by atoms with Crippen LogP contribution in [0.15, 0.2) is 46.9 Å². The number of nitrogens with two attached hydrogens (primary N) is 3. The van der Waals surface area contributed by atoms with Crippen LogP contribution in [0.2, 0.25) is 0 Å². The topological polar surface area (TPSA) is 225 Å². The van der Waals surface area contributed by atoms with Gasteiger partial charge in [-0.15, -0.1) is 11.3 Å². The van der Waals surface area contributed by atoms with E-state index in [4.69, 9.17) is 17.2 Å². The molecule has 0 fully saturated rings. The Labute approximate surface area is 219 Å². The first-order valence-corrected chi connectivity index (χ1v) is 13.9. The molecule has 0 aliphatic rings. The molecule has 2 aromatic rings. The van der Waals surface area contributed by atoms with Gasteiger partial charge >= 0.3 is 0 Å². The fourth-order valence-corrected chi connectivity index (χ4v) is 5.27. The van der Waals surface area contributed by atoms with Crippen LogP contribution in [0.5, 0.6) is 0 Å². The number of aliphatic imine (C=N–C) groups is 1. The molecule has 9 N–H and O–H groups in total. The zero-order valence-corrected chi connectivity index (χ0v) is 21.8. The van der Waals surface area contributed by atoms with Crippen molar-refractivity contribution in [1.29, 1.82) is 0 Å². The predicted molar refractivity (Wildman–Crippen MR) is 141 cm³/mol. The van der Waals surface area contributed by atoms with E-state index in [9.17, 15) is 22.8 Å². The molecule has 0 unspecified atom stereocenters. The van der Waals surface area contributed by atoms with Crippen molar-refractivity contribution < 1.29 is 22.8 Å². The Bertz CT molecular complexity index is 1150. The number of nitrogens with one attached hydrogen (secondary N) is 3. The van der Waals surface area contributed by atoms with E-state index in [1.807, 2.05) is 0 Å². The maximum Gasteiger partial charge on any atom is 0.239 e. The Morgan fingerprint density at radius 2 is 1.81 bits per heavy atom. The molecule has 2 rings (SSSR count). The molecule has 0 aliphatic heterocycles. The van der Waals surface area contributed by atoms with E-state index < -0.39 is 40.5 Å². The lowest BCUT2D eigenvalue weighted by Crippen LogP contribution is -2.51. The molecule has 1 aromatic carbocycles. The standard InChI is InChI=1S/C22H32N8O5S2/c23-9-8-17(30-37(34,35)14-15-5-2-1-3-6-15)20(33)28-13-18(31)29-16(7-4-10-27-22(24)25)19(32)21-26-11-12-36-21/h1-3,5-6,11-12,16-17,30H,4,7-10,13-14,23H2,(H,28,33)(H,29,31)(H4,24,25,27)/t16-,17+/m0/s1. The minimum absolute atomic E-state index is 0.0252. The summed E-state index contributed by atoms with van der Waals surface area (Å²) in [5.74, 6) is -2.13. The number of ketones is 1. The Morgan fingerprint density at radius 1 is 1.08 bits per heavy atom. The number of carbonyl (C=O) groups excluding carboxylic acids is 3. The number of amides is 2. The van der Waals surface area contributed by atoms with Crippen LogP contribution in [0.4, 0.5) is 0 Å². The van der Waals surface area contributed by atoms with Crippen LogP contribution in [0.25, 0.3) is 0 Å². The number of carbonyl (C=O) groups is 3. The number of sulfonamides is 1. The molecule has 2 atom stereocenters. The molecule has 15 heteroatoms. The second kappa shape index (κ2) is 15.0. The van der Waals surface area contributed by atoms with E-state index in [2.05, 4.69) is 25.3 Å². The molecule has 1 aromatic heterocycles. The average Bonchev–Trinajstić information content (AvgIpc) is 3.39. The summed E-state index contributed by atoms with van der Waals surface area (Å²) >= 11 is 1.14. The van der Waals surface area contributed by atoms with Crippen molar-refractivity contribution in [1.82, 2.24) is 20.3 Å². The van der Waals surface area contributed by atoms with Gasteiger partial charge in [0.15, 0.2) is 11.0 Å². The van der Waals surface area contributed by atoms with Gasteiger partial charge in [0.2, 0.25) is 27.6 Å². The smallest absolute Gasteiger partial charge is 0.239 e. The van der Waals surface area contributed by atoms with Crippen LogP contribution < -0.4 is 32.6 Å². The van der Waals surface area contributed by atoms with Gasteiger partial charge in [-0.2, -0.15) is 0 Å². The zero-order chi connectivity index (χ0) is 27.3. The third-order valence-corrected chi connectivity index (χ3v) is 7.10. The van der Waals surface area contributed by atoms with Gasteiger partial charge in [-0.25, -0.2) is 18.1 Å². The van der Waals surface area contributed by atoms with E-state index in [0.29, 0.717) is 12.0 Å². The number of hydrogen-bond acceptors (Lipinski definition) is 9. The summed E-state index contributed by atoms with van der Waals surface area (Å²) < 4.78 is 27.4. The van der Waals surface area contributed by atoms with Gasteiger partial charge < -0.3 is 27.8 Å². The molecular formula is C22H32N8O5S2. The monoisotopic (exact) mass is 552 g/mol. The molecule has 0 saturated carbocycles. The summed E-state index contributed by atoms with van der Waals surface area (Å²) in [7, 11) is -3.86. The lowest BCUT2D eigenvalue weighted by molar-refractivity contribution is -0.127. The van der Waals surface area contributed by atoms with Crippen LogP contribution in [0.1, 0.15) is 34.6 Å². The summed E-state index contributed by atoms with van der Waals surface area (Å²) in [5, 5.41) is 6.86. The minimum Gasteiger partial charge on any atom is -0.370 e. The second-order valence-electron chi connectivity index (χ2n) is 7.98. The Hall–Kier alpha value is -3.40. The van der Waals surface area contributed by atoms with E-state index in [1.165, 1.54) is 6.20 Å². The first-order chi connectivity index (χ1) is 17.6. The SMILES string of the molecule is NCC[C@@H](NS(=O)(=O)Cc1ccccc1)C(=O)NCC(=O)N[C@@H](CCCN=C(N)N)C(=O)c1nccs1. The van der Waals surface area contributed by atoms with Gasteiger partial charge in [-0.3, -0.25) is 19.4 Å². The average molecular weight is 553 g/mol. The van der Waals surface area contributed by atoms with Crippen LogP contribution >= 0.6 is 11.3 Å². The van der Waals surface area contributed by atoms with Gasteiger partial charge in [-0.1, -0.05) is 30.3 Å². The lowest BCUT2D eigenvalue weighted by Gasteiger charge is -2.19. The van der Waals surface area contributed by atoms with Gasteiger partial charge in [0.1, 0.15) is 6.04 Å². The van der Waals surface area contributed by atoms with E-state index in [0.717, 1.165) is 11.3 Å². The van der Waals surface area contributed by atoms with Crippen molar-refractivity contribution in [3.63, 3.8) is 0 Å². The first-order valence-electron chi connectivity index (χ1n) is 11.4. The number of hydrogen-bond donors (Lipinski definition) is 6. The molecule has 0 aliphatic carbocycles. The molecule has 13 nitrogen and oxygen atoms in total. The maximum atomic E-state index is 12.8. The molecule has 202 valence electrons. The van der Waals surface area contributed by atoms with E-state index in [1.54, 1.807) is 35.7 Å². The number of nitrogens with zero attached hydrogens (tertiary/aromatic N) is 2. The highest BCUT2D eigenvalue weighted by atomic mass is 32.2. The summed E-state index contributed by atoms with van der Waals surface area (Å²) in [6.07, 6.45) is 2.16. The van der Waals surface area contributed by atoms with Crippen molar-refractivity contribution in [2.24, 2.45) is 22.2 Å². The summed E-state index contributed by atoms with van der Waals surface area (Å²) in [5.41, 5.74) is 16.7. The van der Waals surface area contributed by atoms with Gasteiger partial charge in [0, 0.05) is 18.1 Å². The number of rotatable bonds is 16. The van der Waals surface area contributed by atoms with E-state index >= 15 is 0 Å². The highest BCUT2D eigenvalue weighted by molar-refractivity contribution is 7.88. The lowest BCUT2D eigenvalue weighted by atomic mass is 10.1. The fourth-order valence-electron chi connectivity index (χ4n) is 3.26. The second-order valence-corrected chi connectivity index (χ2v) is 10.6. The molecule has 0 radical (unpaired) electrons. The molecule has 0 saturated heterocycles. The molecule has 37 heavy (non-hydrogen) atoms. The highest BCUT2D eigenvalue weighted by Crippen LogP contribution is 2.11. The van der Waals surface area contributed by atoms with Crippen LogP contribution in [-0.2, 0) is 25.4 Å².